The van der Waals surface area contributed by atoms with Crippen LogP contribution >= 0.6 is 0 Å². The highest BCUT2D eigenvalue weighted by molar-refractivity contribution is 5.74. The lowest BCUT2D eigenvalue weighted by molar-refractivity contribution is -0.385. The zero-order valence-corrected chi connectivity index (χ0v) is 16.3. The van der Waals surface area contributed by atoms with E-state index in [1.54, 1.807) is 0 Å². The minimum absolute atomic E-state index is 0.0116. The van der Waals surface area contributed by atoms with Crippen molar-refractivity contribution in [2.24, 2.45) is 0 Å². The molecule has 4 heterocycles. The first kappa shape index (κ1) is 18.5. The Morgan fingerprint density at radius 3 is 1.47 bits per heavy atom. The van der Waals surface area contributed by atoms with E-state index in [1.807, 2.05) is 12.1 Å². The third-order valence-electron chi connectivity index (χ3n) is 5.41. The van der Waals surface area contributed by atoms with Crippen molar-refractivity contribution in [2.75, 3.05) is 68.1 Å². The average molecular weight is 414 g/mol. The van der Waals surface area contributed by atoms with Crippen LogP contribution in [0.15, 0.2) is 24.3 Å². The molecular weight excluding hydrogens is 392 g/mol. The molecule has 0 amide bonds. The summed E-state index contributed by atoms with van der Waals surface area (Å²) in [6, 6.07) is 6.64. The Bertz CT molecular complexity index is 935. The van der Waals surface area contributed by atoms with Crippen molar-refractivity contribution in [2.45, 2.75) is 0 Å². The number of nitrogen functional groups attached to an aromatic ring is 1. The van der Waals surface area contributed by atoms with Gasteiger partial charge < -0.3 is 34.5 Å². The van der Waals surface area contributed by atoms with Crippen LogP contribution in [-0.2, 0) is 0 Å². The smallest absolute Gasteiger partial charge is 0.277 e. The van der Waals surface area contributed by atoms with Crippen LogP contribution in [-0.4, -0.2) is 57.5 Å². The number of nitro benzene ring substituents is 1. The third-order valence-corrected chi connectivity index (χ3v) is 5.41. The van der Waals surface area contributed by atoms with Gasteiger partial charge in [0.2, 0.25) is 0 Å². The molecule has 2 N–H and O–H groups in total. The zero-order chi connectivity index (χ0) is 20.7. The first-order valence-corrected chi connectivity index (χ1v) is 9.87. The van der Waals surface area contributed by atoms with E-state index in [1.165, 1.54) is 12.1 Å². The van der Waals surface area contributed by atoms with Crippen LogP contribution in [0, 0.1) is 10.1 Å². The molecule has 6 rings (SSSR count). The molecule has 0 aromatic heterocycles. The van der Waals surface area contributed by atoms with Gasteiger partial charge in [0.05, 0.1) is 43.2 Å². The van der Waals surface area contributed by atoms with Crippen LogP contribution in [0.1, 0.15) is 0 Å². The van der Waals surface area contributed by atoms with E-state index in [-0.39, 0.29) is 5.69 Å². The highest BCUT2D eigenvalue weighted by Crippen LogP contribution is 2.45. The summed E-state index contributed by atoms with van der Waals surface area (Å²) < 4.78 is 22.0. The Labute approximate surface area is 172 Å². The molecule has 0 fully saturated rings. The summed E-state index contributed by atoms with van der Waals surface area (Å²) >= 11 is 0. The quantitative estimate of drug-likeness (QED) is 0.425. The van der Waals surface area contributed by atoms with Crippen LogP contribution in [0.4, 0.5) is 22.7 Å². The second-order valence-electron chi connectivity index (χ2n) is 7.28. The van der Waals surface area contributed by atoms with Gasteiger partial charge in [0.25, 0.3) is 5.69 Å². The van der Waals surface area contributed by atoms with Gasteiger partial charge in [-0.1, -0.05) is 0 Å². The summed E-state index contributed by atoms with van der Waals surface area (Å²) in [6.07, 6.45) is 0. The van der Waals surface area contributed by atoms with Crippen LogP contribution in [0.5, 0.6) is 23.0 Å². The second kappa shape index (κ2) is 7.36. The van der Waals surface area contributed by atoms with Crippen molar-refractivity contribution in [1.29, 1.82) is 0 Å². The molecular formula is C20H22N4O6. The van der Waals surface area contributed by atoms with Crippen LogP contribution in [0.25, 0.3) is 0 Å². The molecule has 4 aliphatic heterocycles. The number of hydrogen-bond acceptors (Lipinski definition) is 9. The maximum absolute atomic E-state index is 10.7. The van der Waals surface area contributed by atoms with Gasteiger partial charge in [-0.3, -0.25) is 10.1 Å². The van der Waals surface area contributed by atoms with Crippen molar-refractivity contribution >= 4 is 22.7 Å². The Kier molecular flexibility index (Phi) is 4.53. The van der Waals surface area contributed by atoms with Gasteiger partial charge in [0, 0.05) is 17.8 Å². The monoisotopic (exact) mass is 414 g/mol. The summed E-state index contributed by atoms with van der Waals surface area (Å²) in [4.78, 5) is 14.7. The van der Waals surface area contributed by atoms with Gasteiger partial charge in [-0.05, 0) is 0 Å². The number of nitrogens with two attached hydrogens (primary N) is 1. The Morgan fingerprint density at radius 2 is 1.10 bits per heavy atom. The molecule has 2 aromatic rings. The van der Waals surface area contributed by atoms with E-state index >= 15 is 0 Å². The third kappa shape index (κ3) is 3.23. The molecule has 0 saturated heterocycles. The van der Waals surface area contributed by atoms with Crippen LogP contribution in [0.2, 0.25) is 0 Å². The van der Waals surface area contributed by atoms with E-state index in [2.05, 4.69) is 9.80 Å². The molecule has 10 nitrogen and oxygen atoms in total. The molecule has 0 atom stereocenters. The fourth-order valence-electron chi connectivity index (χ4n) is 4.07. The van der Waals surface area contributed by atoms with Crippen molar-refractivity contribution in [3.63, 3.8) is 0 Å². The summed E-state index contributed by atoms with van der Waals surface area (Å²) in [5.74, 6) is 2.81. The summed E-state index contributed by atoms with van der Waals surface area (Å²) in [6.45, 7) is 6.08. The molecule has 158 valence electrons. The van der Waals surface area contributed by atoms with Gasteiger partial charge in [-0.2, -0.15) is 0 Å². The number of nitro groups is 1. The molecule has 0 radical (unpaired) electrons. The van der Waals surface area contributed by atoms with Gasteiger partial charge in [0.1, 0.15) is 49.3 Å². The fourth-order valence-corrected chi connectivity index (χ4v) is 4.07. The van der Waals surface area contributed by atoms with Crippen LogP contribution in [0.3, 0.4) is 0 Å². The van der Waals surface area contributed by atoms with Crippen molar-refractivity contribution in [3.05, 3.63) is 34.4 Å². The number of rotatable bonds is 1. The topological polar surface area (TPSA) is 113 Å². The highest BCUT2D eigenvalue weighted by atomic mass is 16.6. The van der Waals surface area contributed by atoms with Gasteiger partial charge in [-0.15, -0.1) is 0 Å². The van der Waals surface area contributed by atoms with E-state index in [0.717, 1.165) is 62.3 Å². The van der Waals surface area contributed by atoms with E-state index in [9.17, 15) is 10.1 Å². The van der Waals surface area contributed by atoms with Gasteiger partial charge in [-0.25, -0.2) is 0 Å². The zero-order valence-electron chi connectivity index (χ0n) is 16.3. The molecule has 4 aliphatic rings. The largest absolute Gasteiger partial charge is 0.489 e. The van der Waals surface area contributed by atoms with E-state index in [0.29, 0.717) is 30.4 Å². The standard InChI is InChI=1S/C10H10N2O4.C10H12N2O2/c13-12(14)7-5-8-10-9(6-7)16-4-2-11(10)1-3-15-8;11-7-5-8-10-9(6-7)14-4-2-12(10)1-3-13-8/h5-6H,1-4H2;5-6H,1-4,11H2. The van der Waals surface area contributed by atoms with E-state index in [4.69, 9.17) is 24.7 Å². The number of hydrogen-bond donors (Lipinski definition) is 1. The van der Waals surface area contributed by atoms with Crippen molar-refractivity contribution in [1.82, 2.24) is 0 Å². The molecule has 0 unspecified atom stereocenters. The maximum Gasteiger partial charge on any atom is 0.277 e. The molecule has 0 bridgehead atoms. The van der Waals surface area contributed by atoms with Crippen molar-refractivity contribution in [3.8, 4) is 23.0 Å². The Morgan fingerprint density at radius 1 is 0.733 bits per heavy atom. The molecule has 2 aromatic carbocycles. The predicted molar refractivity (Wildman–Crippen MR) is 110 cm³/mol. The normalized spacial score (nSPS) is 17.6. The second-order valence-corrected chi connectivity index (χ2v) is 7.28. The molecule has 10 heteroatoms. The minimum Gasteiger partial charge on any atom is -0.489 e. The first-order valence-electron chi connectivity index (χ1n) is 9.87. The van der Waals surface area contributed by atoms with Crippen molar-refractivity contribution < 1.29 is 23.9 Å². The fraction of sp³-hybridized carbons (Fsp3) is 0.400. The summed E-state index contributed by atoms with van der Waals surface area (Å²) in [7, 11) is 0. The number of nitrogens with zero attached hydrogens (tertiary/aromatic N) is 3. The number of ether oxygens (including phenoxy) is 4. The Hall–Kier alpha value is -3.56. The molecule has 0 spiro atoms. The average Bonchev–Trinajstić information content (AvgIpc) is 2.75. The molecule has 0 aliphatic carbocycles. The maximum atomic E-state index is 10.7. The van der Waals surface area contributed by atoms with Gasteiger partial charge in [0.15, 0.2) is 11.5 Å². The van der Waals surface area contributed by atoms with Gasteiger partial charge >= 0.3 is 0 Å². The Balaban J connectivity index is 0.000000130. The minimum atomic E-state index is -0.433. The van der Waals surface area contributed by atoms with Crippen LogP contribution < -0.4 is 34.5 Å². The molecule has 0 saturated carbocycles. The lowest BCUT2D eigenvalue weighted by atomic mass is 10.1. The lowest BCUT2D eigenvalue weighted by Gasteiger charge is -2.36. The number of non-ortho nitro benzene ring substituents is 1. The number of anilines is 3. The molecule has 30 heavy (non-hydrogen) atoms. The summed E-state index contributed by atoms with van der Waals surface area (Å²) in [5, 5.41) is 10.7. The van der Waals surface area contributed by atoms with E-state index < -0.39 is 4.92 Å². The summed E-state index contributed by atoms with van der Waals surface area (Å²) in [5.41, 5.74) is 8.37. The lowest BCUT2D eigenvalue weighted by Crippen LogP contribution is -2.39. The first-order chi connectivity index (χ1) is 14.6. The highest BCUT2D eigenvalue weighted by Gasteiger charge is 2.29. The predicted octanol–water partition coefficient (Wildman–Crippen LogP) is 2.05. The SMILES string of the molecule is Nc1cc2c3c(c1)OCCN3CCO2.O=[N+]([O-])c1cc2c3c(c1)OCCN3CCO2. The number of benzene rings is 2.